The van der Waals surface area contributed by atoms with Gasteiger partial charge >= 0.3 is 5.97 Å². The molecule has 0 aliphatic carbocycles. The average molecular weight is 632 g/mol. The van der Waals surface area contributed by atoms with Gasteiger partial charge in [0, 0.05) is 11.6 Å². The fraction of sp³-hybridized carbons (Fsp3) is 0.345. The molecule has 0 saturated heterocycles. The predicted molar refractivity (Wildman–Crippen MR) is 156 cm³/mol. The second kappa shape index (κ2) is 12.7. The number of ether oxygens (including phenoxy) is 5. The van der Waals surface area contributed by atoms with E-state index in [9.17, 15) is 9.59 Å². The largest absolute Gasteiger partial charge is 0.496 e. The maximum Gasteiger partial charge on any atom is 0.338 e. The number of aromatic nitrogens is 1. The molecule has 40 heavy (non-hydrogen) atoms. The van der Waals surface area contributed by atoms with E-state index in [4.69, 9.17) is 23.7 Å². The van der Waals surface area contributed by atoms with Gasteiger partial charge < -0.3 is 23.7 Å². The number of fused-ring (bicyclic) bond motifs is 1. The minimum absolute atomic E-state index is 0.187. The van der Waals surface area contributed by atoms with Crippen LogP contribution in [0.5, 0.6) is 23.0 Å². The van der Waals surface area contributed by atoms with E-state index in [2.05, 4.69) is 20.9 Å². The molecule has 0 N–H and O–H groups in total. The van der Waals surface area contributed by atoms with E-state index >= 15 is 0 Å². The molecule has 0 unspecified atom stereocenters. The zero-order valence-electron chi connectivity index (χ0n) is 23.2. The summed E-state index contributed by atoms with van der Waals surface area (Å²) in [6.45, 7) is 8.33. The van der Waals surface area contributed by atoms with Gasteiger partial charge in [-0.1, -0.05) is 17.4 Å². The van der Waals surface area contributed by atoms with Gasteiger partial charge in [0.25, 0.3) is 5.56 Å². The number of nitrogens with zero attached hydrogens (tertiary/aromatic N) is 2. The van der Waals surface area contributed by atoms with E-state index in [1.165, 1.54) is 15.9 Å². The van der Waals surface area contributed by atoms with Crippen molar-refractivity contribution in [2.24, 2.45) is 4.99 Å². The number of allylic oxidation sites excluding steroid dienone is 1. The highest BCUT2D eigenvalue weighted by Gasteiger charge is 2.34. The van der Waals surface area contributed by atoms with E-state index < -0.39 is 12.0 Å². The minimum Gasteiger partial charge on any atom is -0.496 e. The molecule has 9 nitrogen and oxygen atoms in total. The van der Waals surface area contributed by atoms with Gasteiger partial charge in [-0.2, -0.15) is 0 Å². The van der Waals surface area contributed by atoms with Crippen LogP contribution in [0.1, 0.15) is 44.9 Å². The Labute approximate surface area is 244 Å². The van der Waals surface area contributed by atoms with Crippen molar-refractivity contribution >= 4 is 39.3 Å². The summed E-state index contributed by atoms with van der Waals surface area (Å²) in [5.41, 5.74) is 1.81. The fourth-order valence-electron chi connectivity index (χ4n) is 4.48. The summed E-state index contributed by atoms with van der Waals surface area (Å²) < 4.78 is 30.6. The third kappa shape index (κ3) is 5.66. The number of hydrogen-bond donors (Lipinski definition) is 0. The molecule has 0 radical (unpaired) electrons. The Morgan fingerprint density at radius 1 is 1.00 bits per heavy atom. The lowest BCUT2D eigenvalue weighted by molar-refractivity contribution is -0.139. The molecule has 0 fully saturated rings. The van der Waals surface area contributed by atoms with Crippen molar-refractivity contribution in [2.45, 2.75) is 33.7 Å². The van der Waals surface area contributed by atoms with Gasteiger partial charge in [-0.25, -0.2) is 9.79 Å². The molecule has 1 atom stereocenters. The fourth-order valence-corrected chi connectivity index (χ4v) is 6.04. The highest BCUT2D eigenvalue weighted by Crippen LogP contribution is 2.37. The van der Waals surface area contributed by atoms with Crippen molar-refractivity contribution < 1.29 is 28.5 Å². The molecule has 0 bridgehead atoms. The average Bonchev–Trinajstić information content (AvgIpc) is 3.23. The van der Waals surface area contributed by atoms with Crippen LogP contribution in [0.2, 0.25) is 0 Å². The number of hydrogen-bond acceptors (Lipinski definition) is 9. The molecule has 0 amide bonds. The lowest BCUT2D eigenvalue weighted by Crippen LogP contribution is -2.40. The van der Waals surface area contributed by atoms with Crippen LogP contribution in [0, 0.1) is 0 Å². The van der Waals surface area contributed by atoms with Crippen molar-refractivity contribution in [3.05, 3.63) is 76.9 Å². The number of rotatable bonds is 10. The van der Waals surface area contributed by atoms with E-state index in [0.29, 0.717) is 66.8 Å². The first kappa shape index (κ1) is 29.4. The van der Waals surface area contributed by atoms with Crippen molar-refractivity contribution in [3.63, 3.8) is 0 Å². The topological polar surface area (TPSA) is 97.6 Å². The van der Waals surface area contributed by atoms with Crippen LogP contribution >= 0.6 is 27.3 Å². The van der Waals surface area contributed by atoms with Gasteiger partial charge in [-0.3, -0.25) is 9.36 Å². The zero-order chi connectivity index (χ0) is 29.0. The van der Waals surface area contributed by atoms with Crippen molar-refractivity contribution in [3.8, 4) is 23.0 Å². The summed E-state index contributed by atoms with van der Waals surface area (Å²) in [4.78, 5) is 32.3. The number of esters is 1. The highest BCUT2D eigenvalue weighted by molar-refractivity contribution is 9.10. The smallest absolute Gasteiger partial charge is 0.338 e. The number of halogens is 1. The van der Waals surface area contributed by atoms with Crippen LogP contribution in [-0.4, -0.2) is 44.6 Å². The first-order valence-corrected chi connectivity index (χ1v) is 14.4. The normalized spacial score (nSPS) is 14.9. The number of benzene rings is 2. The molecular formula is C29H31BrN2O7S. The molecule has 2 heterocycles. The standard InChI is InChI=1S/C29H31BrN2O7S/c1-7-37-20-11-10-17(13-23(20)38-8-2)26-25(28(34)39-9-3)16(4)31-29-32(26)27(33)24(40-29)14-18-12-19(30)22(36-6)15-21(18)35-5/h10-15,26H,7-9H2,1-6H3/b24-14-/t26-/m1/s1. The van der Waals surface area contributed by atoms with Gasteiger partial charge in [0.05, 0.1) is 60.4 Å². The van der Waals surface area contributed by atoms with Gasteiger partial charge in [-0.05, 0) is 73.5 Å². The Morgan fingerprint density at radius 2 is 1.70 bits per heavy atom. The lowest BCUT2D eigenvalue weighted by Gasteiger charge is -2.25. The van der Waals surface area contributed by atoms with Gasteiger partial charge in [0.1, 0.15) is 11.5 Å². The molecule has 3 aromatic rings. The first-order valence-electron chi connectivity index (χ1n) is 12.8. The van der Waals surface area contributed by atoms with Crippen molar-refractivity contribution in [1.82, 2.24) is 4.57 Å². The summed E-state index contributed by atoms with van der Waals surface area (Å²) in [7, 11) is 3.12. The van der Waals surface area contributed by atoms with E-state index in [1.807, 2.05) is 26.0 Å². The summed E-state index contributed by atoms with van der Waals surface area (Å²) in [6.07, 6.45) is 1.75. The summed E-state index contributed by atoms with van der Waals surface area (Å²) in [5.74, 6) is 1.71. The Bertz CT molecular complexity index is 1640. The van der Waals surface area contributed by atoms with Gasteiger partial charge in [0.15, 0.2) is 16.3 Å². The molecule has 1 aromatic heterocycles. The number of carbonyl (C=O) groups is 1. The molecule has 1 aliphatic heterocycles. The molecule has 0 spiro atoms. The maximum absolute atomic E-state index is 14.0. The number of methoxy groups -OCH3 is 2. The zero-order valence-corrected chi connectivity index (χ0v) is 25.6. The first-order chi connectivity index (χ1) is 19.3. The molecule has 0 saturated carbocycles. The van der Waals surface area contributed by atoms with Crippen LogP contribution in [0.4, 0.5) is 0 Å². The van der Waals surface area contributed by atoms with Crippen LogP contribution in [0.3, 0.4) is 0 Å². The Morgan fingerprint density at radius 3 is 2.35 bits per heavy atom. The Hall–Kier alpha value is -3.57. The predicted octanol–water partition coefficient (Wildman–Crippen LogP) is 4.38. The molecular weight excluding hydrogens is 600 g/mol. The summed E-state index contributed by atoms with van der Waals surface area (Å²) >= 11 is 4.73. The van der Waals surface area contributed by atoms with Crippen molar-refractivity contribution in [1.29, 1.82) is 0 Å². The Kier molecular flexibility index (Phi) is 9.36. The van der Waals surface area contributed by atoms with E-state index in [1.54, 1.807) is 52.3 Å². The molecule has 2 aromatic carbocycles. The molecule has 11 heteroatoms. The molecule has 1 aliphatic rings. The molecule has 4 rings (SSSR count). The highest BCUT2D eigenvalue weighted by atomic mass is 79.9. The monoisotopic (exact) mass is 630 g/mol. The Balaban J connectivity index is 1.97. The summed E-state index contributed by atoms with van der Waals surface area (Å²) in [5, 5.41) is 0. The molecule has 212 valence electrons. The maximum atomic E-state index is 14.0. The van der Waals surface area contributed by atoms with E-state index in [-0.39, 0.29) is 17.7 Å². The van der Waals surface area contributed by atoms with Crippen molar-refractivity contribution in [2.75, 3.05) is 34.0 Å². The number of carbonyl (C=O) groups excluding carboxylic acids is 1. The van der Waals surface area contributed by atoms with Gasteiger partial charge in [0.2, 0.25) is 0 Å². The SMILES string of the molecule is CCOC(=O)C1=C(C)N=c2s/c(=C\c3cc(Br)c(OC)cc3OC)c(=O)n2[C@@H]1c1ccc(OCC)c(OCC)c1. The van der Waals surface area contributed by atoms with Crippen LogP contribution < -0.4 is 33.8 Å². The van der Waals surface area contributed by atoms with Gasteiger partial charge in [-0.15, -0.1) is 0 Å². The number of thiazole rings is 1. The lowest BCUT2D eigenvalue weighted by atomic mass is 9.95. The van der Waals surface area contributed by atoms with Crippen LogP contribution in [-0.2, 0) is 9.53 Å². The third-order valence-corrected chi connectivity index (χ3v) is 7.79. The second-order valence-electron chi connectivity index (χ2n) is 8.60. The van der Waals surface area contributed by atoms with E-state index in [0.717, 1.165) is 0 Å². The quantitative estimate of drug-likeness (QED) is 0.307. The summed E-state index contributed by atoms with van der Waals surface area (Å²) in [6, 6.07) is 8.21. The second-order valence-corrected chi connectivity index (χ2v) is 10.5. The minimum atomic E-state index is -0.781. The van der Waals surface area contributed by atoms with Crippen LogP contribution in [0.15, 0.2) is 55.9 Å². The van der Waals surface area contributed by atoms with Crippen LogP contribution in [0.25, 0.3) is 6.08 Å². The third-order valence-electron chi connectivity index (χ3n) is 6.19.